The van der Waals surface area contributed by atoms with E-state index in [1.807, 2.05) is 0 Å². The molecule has 0 aliphatic carbocycles. The molecule has 0 aromatic heterocycles. The van der Waals surface area contributed by atoms with Gasteiger partial charge in [0, 0.05) is 12.5 Å². The van der Waals surface area contributed by atoms with E-state index in [0.29, 0.717) is 23.6 Å². The van der Waals surface area contributed by atoms with Gasteiger partial charge in [-0.05, 0) is 25.5 Å². The largest absolute Gasteiger partial charge is 0.497 e. The standard InChI is InChI=1S/C13H19NO4/c1-9(15)4-7-13(16)14-11-6-5-10(17-2)8-12(11)18-3/h5-6,8-9,15H,4,7H2,1-3H3,(H,14,16). The summed E-state index contributed by atoms with van der Waals surface area (Å²) in [6.07, 6.45) is 0.227. The molecule has 0 aliphatic rings. The lowest BCUT2D eigenvalue weighted by Gasteiger charge is -2.11. The SMILES string of the molecule is COc1ccc(NC(=O)CCC(C)O)c(OC)c1. The molecule has 2 N–H and O–H groups in total. The normalized spacial score (nSPS) is 11.8. The summed E-state index contributed by atoms with van der Waals surface area (Å²) in [4.78, 5) is 11.6. The number of hydrogen-bond acceptors (Lipinski definition) is 4. The van der Waals surface area contributed by atoms with Gasteiger partial charge in [-0.2, -0.15) is 0 Å². The fourth-order valence-corrected chi connectivity index (χ4v) is 1.45. The first-order chi connectivity index (χ1) is 8.56. The van der Waals surface area contributed by atoms with Crippen LogP contribution in [0.4, 0.5) is 5.69 Å². The van der Waals surface area contributed by atoms with Gasteiger partial charge in [0.15, 0.2) is 0 Å². The lowest BCUT2D eigenvalue weighted by molar-refractivity contribution is -0.116. The van der Waals surface area contributed by atoms with Crippen molar-refractivity contribution < 1.29 is 19.4 Å². The Morgan fingerprint density at radius 1 is 1.39 bits per heavy atom. The van der Waals surface area contributed by atoms with Crippen LogP contribution in [0.5, 0.6) is 11.5 Å². The molecule has 1 aromatic rings. The minimum Gasteiger partial charge on any atom is -0.497 e. The van der Waals surface area contributed by atoms with Crippen LogP contribution in [0, 0.1) is 0 Å². The molecule has 0 aliphatic heterocycles. The van der Waals surface area contributed by atoms with Crippen molar-refractivity contribution in [3.63, 3.8) is 0 Å². The van der Waals surface area contributed by atoms with Gasteiger partial charge in [-0.15, -0.1) is 0 Å². The van der Waals surface area contributed by atoms with E-state index in [1.165, 1.54) is 7.11 Å². The zero-order valence-corrected chi connectivity index (χ0v) is 10.9. The average Bonchev–Trinajstić information content (AvgIpc) is 2.36. The fraction of sp³-hybridized carbons (Fsp3) is 0.462. The first-order valence-corrected chi connectivity index (χ1v) is 5.76. The molecule has 5 heteroatoms. The van der Waals surface area contributed by atoms with Gasteiger partial charge in [-0.3, -0.25) is 4.79 Å². The zero-order chi connectivity index (χ0) is 13.5. The van der Waals surface area contributed by atoms with Crippen LogP contribution < -0.4 is 14.8 Å². The predicted molar refractivity (Wildman–Crippen MR) is 69.1 cm³/mol. The van der Waals surface area contributed by atoms with E-state index >= 15 is 0 Å². The summed E-state index contributed by atoms with van der Waals surface area (Å²) < 4.78 is 10.2. The summed E-state index contributed by atoms with van der Waals surface area (Å²) in [7, 11) is 3.09. The smallest absolute Gasteiger partial charge is 0.224 e. The third-order valence-electron chi connectivity index (χ3n) is 2.47. The highest BCUT2D eigenvalue weighted by Gasteiger charge is 2.09. The van der Waals surface area contributed by atoms with Crippen molar-refractivity contribution in [2.75, 3.05) is 19.5 Å². The molecule has 0 radical (unpaired) electrons. The molecule has 1 unspecified atom stereocenters. The Morgan fingerprint density at radius 2 is 2.11 bits per heavy atom. The van der Waals surface area contributed by atoms with Crippen molar-refractivity contribution >= 4 is 11.6 Å². The van der Waals surface area contributed by atoms with Crippen LogP contribution in [0.1, 0.15) is 19.8 Å². The van der Waals surface area contributed by atoms with Crippen molar-refractivity contribution in [2.45, 2.75) is 25.9 Å². The average molecular weight is 253 g/mol. The van der Waals surface area contributed by atoms with Crippen LogP contribution >= 0.6 is 0 Å². The van der Waals surface area contributed by atoms with Gasteiger partial charge in [0.1, 0.15) is 11.5 Å². The van der Waals surface area contributed by atoms with Gasteiger partial charge in [0.2, 0.25) is 5.91 Å². The maximum Gasteiger partial charge on any atom is 0.224 e. The number of carbonyl (C=O) groups is 1. The Morgan fingerprint density at radius 3 is 2.67 bits per heavy atom. The second-order valence-corrected chi connectivity index (χ2v) is 4.00. The number of amides is 1. The molecule has 1 aromatic carbocycles. The number of anilines is 1. The van der Waals surface area contributed by atoms with E-state index in [0.717, 1.165) is 0 Å². The zero-order valence-electron chi connectivity index (χ0n) is 10.9. The summed E-state index contributed by atoms with van der Waals surface area (Å²) in [6, 6.07) is 5.16. The van der Waals surface area contributed by atoms with Crippen molar-refractivity contribution in [1.29, 1.82) is 0 Å². The molecule has 1 rings (SSSR count). The van der Waals surface area contributed by atoms with Crippen molar-refractivity contribution in [2.24, 2.45) is 0 Å². The van der Waals surface area contributed by atoms with Gasteiger partial charge in [0.05, 0.1) is 26.0 Å². The Labute approximate surface area is 107 Å². The van der Waals surface area contributed by atoms with Crippen LogP contribution in [-0.4, -0.2) is 31.3 Å². The molecular formula is C13H19NO4. The van der Waals surface area contributed by atoms with Crippen LogP contribution in [-0.2, 0) is 4.79 Å². The number of aliphatic hydroxyl groups excluding tert-OH is 1. The van der Waals surface area contributed by atoms with Gasteiger partial charge in [-0.1, -0.05) is 0 Å². The van der Waals surface area contributed by atoms with Crippen molar-refractivity contribution in [1.82, 2.24) is 0 Å². The molecule has 0 saturated carbocycles. The third kappa shape index (κ3) is 4.25. The maximum absolute atomic E-state index is 11.6. The monoisotopic (exact) mass is 253 g/mol. The highest BCUT2D eigenvalue weighted by Crippen LogP contribution is 2.29. The highest BCUT2D eigenvalue weighted by molar-refractivity contribution is 5.92. The number of nitrogens with one attached hydrogen (secondary N) is 1. The number of ether oxygens (including phenoxy) is 2. The quantitative estimate of drug-likeness (QED) is 0.811. The number of methoxy groups -OCH3 is 2. The number of aliphatic hydroxyl groups is 1. The molecule has 0 spiro atoms. The molecule has 100 valence electrons. The molecule has 0 heterocycles. The number of rotatable bonds is 6. The molecule has 1 amide bonds. The second-order valence-electron chi connectivity index (χ2n) is 4.00. The summed E-state index contributed by atoms with van der Waals surface area (Å²) in [5.41, 5.74) is 0.592. The Balaban J connectivity index is 2.68. The Hall–Kier alpha value is -1.75. The van der Waals surface area contributed by atoms with E-state index in [-0.39, 0.29) is 12.3 Å². The van der Waals surface area contributed by atoms with Crippen LogP contribution in [0.3, 0.4) is 0 Å². The Kier molecular flexibility index (Phi) is 5.45. The number of benzene rings is 1. The van der Waals surface area contributed by atoms with Gasteiger partial charge < -0.3 is 19.9 Å². The molecule has 0 saturated heterocycles. The minimum atomic E-state index is -0.478. The lowest BCUT2D eigenvalue weighted by atomic mass is 10.2. The van der Waals surface area contributed by atoms with Crippen LogP contribution in [0.2, 0.25) is 0 Å². The minimum absolute atomic E-state index is 0.153. The van der Waals surface area contributed by atoms with E-state index in [2.05, 4.69) is 5.32 Å². The van der Waals surface area contributed by atoms with Crippen molar-refractivity contribution in [3.8, 4) is 11.5 Å². The van der Waals surface area contributed by atoms with Crippen molar-refractivity contribution in [3.05, 3.63) is 18.2 Å². The number of carbonyl (C=O) groups excluding carboxylic acids is 1. The van der Waals surface area contributed by atoms with Gasteiger partial charge in [-0.25, -0.2) is 0 Å². The molecule has 18 heavy (non-hydrogen) atoms. The molecule has 0 bridgehead atoms. The highest BCUT2D eigenvalue weighted by atomic mass is 16.5. The fourth-order valence-electron chi connectivity index (χ4n) is 1.45. The van der Waals surface area contributed by atoms with E-state index in [4.69, 9.17) is 14.6 Å². The second kappa shape index (κ2) is 6.86. The number of hydrogen-bond donors (Lipinski definition) is 2. The summed E-state index contributed by atoms with van der Waals surface area (Å²) in [5.74, 6) is 1.05. The Bertz CT molecular complexity index is 404. The predicted octanol–water partition coefficient (Wildman–Crippen LogP) is 1.80. The third-order valence-corrected chi connectivity index (χ3v) is 2.47. The summed E-state index contributed by atoms with van der Waals surface area (Å²) in [5, 5.41) is 11.9. The maximum atomic E-state index is 11.6. The van der Waals surface area contributed by atoms with E-state index < -0.39 is 6.10 Å². The first kappa shape index (κ1) is 14.3. The first-order valence-electron chi connectivity index (χ1n) is 5.76. The van der Waals surface area contributed by atoms with Gasteiger partial charge in [0.25, 0.3) is 0 Å². The van der Waals surface area contributed by atoms with Crippen LogP contribution in [0.15, 0.2) is 18.2 Å². The van der Waals surface area contributed by atoms with E-state index in [1.54, 1.807) is 32.2 Å². The molecular weight excluding hydrogens is 234 g/mol. The molecule has 5 nitrogen and oxygen atoms in total. The summed E-state index contributed by atoms with van der Waals surface area (Å²) in [6.45, 7) is 1.65. The summed E-state index contributed by atoms with van der Waals surface area (Å²) >= 11 is 0. The van der Waals surface area contributed by atoms with E-state index in [9.17, 15) is 4.79 Å². The van der Waals surface area contributed by atoms with Crippen LogP contribution in [0.25, 0.3) is 0 Å². The topological polar surface area (TPSA) is 67.8 Å². The lowest BCUT2D eigenvalue weighted by Crippen LogP contribution is -2.14. The molecule has 0 fully saturated rings. The van der Waals surface area contributed by atoms with Gasteiger partial charge >= 0.3 is 0 Å². The molecule has 1 atom stereocenters.